The first-order valence-electron chi connectivity index (χ1n) is 14.0. The lowest BCUT2D eigenvalue weighted by Crippen LogP contribution is -2.09. The van der Waals surface area contributed by atoms with E-state index in [1.165, 1.54) is 16.7 Å². The molecule has 0 aliphatic heterocycles. The molecule has 0 heterocycles. The van der Waals surface area contributed by atoms with Gasteiger partial charge in [-0.05, 0) is 90.5 Å². The van der Waals surface area contributed by atoms with Crippen LogP contribution in [0.25, 0.3) is 17.2 Å². The van der Waals surface area contributed by atoms with E-state index in [4.69, 9.17) is 10.5 Å². The van der Waals surface area contributed by atoms with E-state index in [1.54, 1.807) is 0 Å². The van der Waals surface area contributed by atoms with Crippen molar-refractivity contribution in [3.8, 4) is 16.9 Å². The summed E-state index contributed by atoms with van der Waals surface area (Å²) < 4.78 is 6.27. The number of hydrogen-bond donors (Lipinski definition) is 1. The highest BCUT2D eigenvalue weighted by Crippen LogP contribution is 2.37. The summed E-state index contributed by atoms with van der Waals surface area (Å²) in [6.07, 6.45) is 5.14. The van der Waals surface area contributed by atoms with Crippen LogP contribution in [0.2, 0.25) is 0 Å². The first-order chi connectivity index (χ1) is 19.8. The van der Waals surface area contributed by atoms with Gasteiger partial charge in [0.05, 0.1) is 6.61 Å². The van der Waals surface area contributed by atoms with E-state index in [0.717, 1.165) is 58.8 Å². The minimum Gasteiger partial charge on any atom is -0.493 e. The lowest BCUT2D eigenvalue weighted by atomic mass is 10.0. The van der Waals surface area contributed by atoms with Crippen LogP contribution in [0.4, 0.5) is 17.1 Å². The average Bonchev–Trinajstić information content (AvgIpc) is 3.42. The van der Waals surface area contributed by atoms with Crippen molar-refractivity contribution in [1.29, 1.82) is 0 Å². The van der Waals surface area contributed by atoms with E-state index >= 15 is 0 Å². The Hall–Kier alpha value is -4.60. The smallest absolute Gasteiger partial charge is 0.127 e. The third kappa shape index (κ3) is 5.70. The maximum atomic E-state index is 6.27. The Kier molecular flexibility index (Phi) is 7.74. The van der Waals surface area contributed by atoms with Gasteiger partial charge in [0.1, 0.15) is 5.75 Å². The standard InChI is InChI=1S/C37H34N2O/c38-22-9-23-40-37-27-32(16-17-33(37)26-28-24-30-10-7-8-11-31(30)25-28)29-18-20-36(21-19-29)39(34-12-3-1-4-13-34)35-14-5-2-6-15-35/h1-8,10-21,26-27H,9,22-25,38H2. The highest BCUT2D eigenvalue weighted by atomic mass is 16.5. The van der Waals surface area contributed by atoms with Crippen LogP contribution >= 0.6 is 0 Å². The molecule has 6 rings (SSSR count). The van der Waals surface area contributed by atoms with Crippen LogP contribution < -0.4 is 15.4 Å². The second-order valence-corrected chi connectivity index (χ2v) is 10.2. The van der Waals surface area contributed by atoms with Gasteiger partial charge >= 0.3 is 0 Å². The van der Waals surface area contributed by atoms with Crippen molar-refractivity contribution >= 4 is 23.1 Å². The zero-order chi connectivity index (χ0) is 27.1. The second kappa shape index (κ2) is 12.1. The molecule has 0 aromatic heterocycles. The molecule has 0 unspecified atom stereocenters. The van der Waals surface area contributed by atoms with Crippen molar-refractivity contribution in [2.75, 3.05) is 18.1 Å². The zero-order valence-electron chi connectivity index (χ0n) is 22.7. The molecule has 0 amide bonds. The number of rotatable bonds is 9. The maximum absolute atomic E-state index is 6.27. The van der Waals surface area contributed by atoms with E-state index in [2.05, 4.69) is 126 Å². The summed E-state index contributed by atoms with van der Waals surface area (Å²) in [6, 6.07) is 45.0. The van der Waals surface area contributed by atoms with Crippen LogP contribution in [-0.4, -0.2) is 13.2 Å². The number of allylic oxidation sites excluding steroid dienone is 1. The van der Waals surface area contributed by atoms with Crippen LogP contribution in [0.5, 0.6) is 5.75 Å². The van der Waals surface area contributed by atoms with Gasteiger partial charge in [0.15, 0.2) is 0 Å². The maximum Gasteiger partial charge on any atom is 0.127 e. The van der Waals surface area contributed by atoms with E-state index in [-0.39, 0.29) is 0 Å². The van der Waals surface area contributed by atoms with E-state index in [0.29, 0.717) is 13.2 Å². The van der Waals surface area contributed by atoms with Gasteiger partial charge in [-0.1, -0.05) is 96.6 Å². The Labute approximate surface area is 237 Å². The van der Waals surface area contributed by atoms with Gasteiger partial charge in [0.25, 0.3) is 0 Å². The topological polar surface area (TPSA) is 38.5 Å². The van der Waals surface area contributed by atoms with Crippen molar-refractivity contribution in [3.05, 3.63) is 150 Å². The number of nitrogens with two attached hydrogens (primary N) is 1. The van der Waals surface area contributed by atoms with Crippen molar-refractivity contribution < 1.29 is 4.74 Å². The van der Waals surface area contributed by atoms with Crippen molar-refractivity contribution in [1.82, 2.24) is 0 Å². The van der Waals surface area contributed by atoms with Gasteiger partial charge in [-0.3, -0.25) is 0 Å². The van der Waals surface area contributed by atoms with Crippen LogP contribution in [0.15, 0.2) is 133 Å². The Morgan fingerprint density at radius 2 is 1.18 bits per heavy atom. The van der Waals surface area contributed by atoms with Gasteiger partial charge in [0, 0.05) is 22.6 Å². The van der Waals surface area contributed by atoms with E-state index in [1.807, 2.05) is 12.1 Å². The summed E-state index contributed by atoms with van der Waals surface area (Å²) in [7, 11) is 0. The molecule has 0 fully saturated rings. The molecule has 0 radical (unpaired) electrons. The third-order valence-corrected chi connectivity index (χ3v) is 7.42. The van der Waals surface area contributed by atoms with Gasteiger partial charge in [0.2, 0.25) is 0 Å². The molecule has 1 aliphatic rings. The third-order valence-electron chi connectivity index (χ3n) is 7.42. The lowest BCUT2D eigenvalue weighted by Gasteiger charge is -2.25. The number of benzene rings is 5. The molecular formula is C37H34N2O. The molecule has 1 aliphatic carbocycles. The molecule has 40 heavy (non-hydrogen) atoms. The number of fused-ring (bicyclic) bond motifs is 1. The number of nitrogens with zero attached hydrogens (tertiary/aromatic N) is 1. The van der Waals surface area contributed by atoms with Gasteiger partial charge in [-0.15, -0.1) is 0 Å². The van der Waals surface area contributed by atoms with Crippen LogP contribution in [0.3, 0.4) is 0 Å². The fraction of sp³-hybridized carbons (Fsp3) is 0.135. The average molecular weight is 523 g/mol. The molecule has 0 atom stereocenters. The highest BCUT2D eigenvalue weighted by Gasteiger charge is 2.16. The fourth-order valence-electron chi connectivity index (χ4n) is 5.40. The first kappa shape index (κ1) is 25.7. The Morgan fingerprint density at radius 3 is 1.77 bits per heavy atom. The van der Waals surface area contributed by atoms with E-state index in [9.17, 15) is 0 Å². The Morgan fingerprint density at radius 1 is 0.625 bits per heavy atom. The normalized spacial score (nSPS) is 12.2. The van der Waals surface area contributed by atoms with Crippen LogP contribution in [0, 0.1) is 0 Å². The summed E-state index contributed by atoms with van der Waals surface area (Å²) >= 11 is 0. The monoisotopic (exact) mass is 522 g/mol. The first-order valence-corrected chi connectivity index (χ1v) is 14.0. The minimum atomic E-state index is 0.610. The summed E-state index contributed by atoms with van der Waals surface area (Å²) in [5, 5.41) is 0. The predicted octanol–water partition coefficient (Wildman–Crippen LogP) is 8.73. The molecule has 3 nitrogen and oxygen atoms in total. The summed E-state index contributed by atoms with van der Waals surface area (Å²) in [6.45, 7) is 1.23. The van der Waals surface area contributed by atoms with Gasteiger partial charge in [-0.25, -0.2) is 0 Å². The lowest BCUT2D eigenvalue weighted by molar-refractivity contribution is 0.313. The summed E-state index contributed by atoms with van der Waals surface area (Å²) in [5.74, 6) is 0.911. The molecule has 2 N–H and O–H groups in total. The van der Waals surface area contributed by atoms with Gasteiger partial charge in [-0.2, -0.15) is 0 Å². The summed E-state index contributed by atoms with van der Waals surface area (Å²) in [5.41, 5.74) is 16.8. The highest BCUT2D eigenvalue weighted by molar-refractivity contribution is 5.79. The molecule has 0 bridgehead atoms. The Bertz CT molecular complexity index is 1520. The van der Waals surface area contributed by atoms with Crippen LogP contribution in [-0.2, 0) is 12.8 Å². The number of hydrogen-bond acceptors (Lipinski definition) is 3. The predicted molar refractivity (Wildman–Crippen MR) is 168 cm³/mol. The summed E-state index contributed by atoms with van der Waals surface area (Å²) in [4.78, 5) is 2.28. The zero-order valence-corrected chi connectivity index (χ0v) is 22.7. The SMILES string of the molecule is NCCCOc1cc(-c2ccc(N(c3ccccc3)c3ccccc3)cc2)ccc1C=C1Cc2ccccc2C1. The molecular weight excluding hydrogens is 488 g/mol. The number of ether oxygens (including phenoxy) is 1. The van der Waals surface area contributed by atoms with Gasteiger partial charge < -0.3 is 15.4 Å². The number of para-hydroxylation sites is 2. The fourth-order valence-corrected chi connectivity index (χ4v) is 5.40. The van der Waals surface area contributed by atoms with Crippen LogP contribution in [0.1, 0.15) is 23.1 Å². The second-order valence-electron chi connectivity index (χ2n) is 10.2. The van der Waals surface area contributed by atoms with Crippen molar-refractivity contribution in [2.45, 2.75) is 19.3 Å². The molecule has 3 heteroatoms. The molecule has 198 valence electrons. The largest absolute Gasteiger partial charge is 0.493 e. The quantitative estimate of drug-likeness (QED) is 0.197. The molecule has 5 aromatic rings. The molecule has 0 spiro atoms. The minimum absolute atomic E-state index is 0.610. The molecule has 0 saturated heterocycles. The Balaban J connectivity index is 1.30. The molecule has 5 aromatic carbocycles. The van der Waals surface area contributed by atoms with Crippen molar-refractivity contribution in [2.24, 2.45) is 5.73 Å². The number of anilines is 3. The van der Waals surface area contributed by atoms with E-state index < -0.39 is 0 Å². The van der Waals surface area contributed by atoms with Crippen molar-refractivity contribution in [3.63, 3.8) is 0 Å². The molecule has 0 saturated carbocycles.